The van der Waals surface area contributed by atoms with Gasteiger partial charge in [0.15, 0.2) is 11.3 Å². The average molecular weight is 401 g/mol. The molecule has 0 unspecified atom stereocenters. The molecule has 1 aliphatic heterocycles. The standard InChI is InChI=1S/C23H20FN5O/c1-28-13-18(14-28)25-23(30)20-12-22-26-19(15-7-9-17(24)10-8-15)11-21(29(22)27-20)16-5-3-2-4-6-16/h2-12,18H,13-14H2,1H3,(H,25,30). The van der Waals surface area contributed by atoms with Crippen LogP contribution in [0.3, 0.4) is 0 Å². The van der Waals surface area contributed by atoms with Crippen molar-refractivity contribution in [1.29, 1.82) is 0 Å². The van der Waals surface area contributed by atoms with E-state index in [-0.39, 0.29) is 17.8 Å². The first-order valence-electron chi connectivity index (χ1n) is 9.78. The third-order valence-corrected chi connectivity index (χ3v) is 5.27. The second-order valence-corrected chi connectivity index (χ2v) is 7.59. The minimum atomic E-state index is -0.298. The lowest BCUT2D eigenvalue weighted by atomic mass is 10.1. The summed E-state index contributed by atoms with van der Waals surface area (Å²) >= 11 is 0. The molecule has 3 heterocycles. The van der Waals surface area contributed by atoms with Crippen LogP contribution in [-0.4, -0.2) is 51.6 Å². The van der Waals surface area contributed by atoms with Crippen LogP contribution in [0.2, 0.25) is 0 Å². The Morgan fingerprint density at radius 2 is 1.77 bits per heavy atom. The Kier molecular flexibility index (Phi) is 4.52. The molecule has 0 saturated carbocycles. The van der Waals surface area contributed by atoms with E-state index in [4.69, 9.17) is 0 Å². The third kappa shape index (κ3) is 3.44. The Bertz CT molecular complexity index is 1210. The van der Waals surface area contributed by atoms with Crippen LogP contribution in [0, 0.1) is 5.82 Å². The van der Waals surface area contributed by atoms with Crippen LogP contribution in [0.4, 0.5) is 4.39 Å². The largest absolute Gasteiger partial charge is 0.345 e. The van der Waals surface area contributed by atoms with Crippen molar-refractivity contribution in [2.75, 3.05) is 20.1 Å². The van der Waals surface area contributed by atoms with E-state index in [1.807, 2.05) is 43.4 Å². The second kappa shape index (κ2) is 7.35. The maximum Gasteiger partial charge on any atom is 0.272 e. The number of nitrogens with zero attached hydrogens (tertiary/aromatic N) is 4. The van der Waals surface area contributed by atoms with Gasteiger partial charge in [-0.2, -0.15) is 5.10 Å². The zero-order valence-corrected chi connectivity index (χ0v) is 16.4. The van der Waals surface area contributed by atoms with Crippen LogP contribution in [0.25, 0.3) is 28.2 Å². The van der Waals surface area contributed by atoms with Crippen LogP contribution in [0.5, 0.6) is 0 Å². The molecule has 1 aliphatic rings. The quantitative estimate of drug-likeness (QED) is 0.570. The number of hydrogen-bond donors (Lipinski definition) is 1. The summed E-state index contributed by atoms with van der Waals surface area (Å²) in [6.45, 7) is 1.67. The summed E-state index contributed by atoms with van der Waals surface area (Å²) in [7, 11) is 2.01. The van der Waals surface area contributed by atoms with Gasteiger partial charge in [-0.15, -0.1) is 0 Å². The van der Waals surface area contributed by atoms with Crippen molar-refractivity contribution in [3.63, 3.8) is 0 Å². The predicted molar refractivity (Wildman–Crippen MR) is 113 cm³/mol. The highest BCUT2D eigenvalue weighted by Crippen LogP contribution is 2.27. The lowest BCUT2D eigenvalue weighted by Crippen LogP contribution is -2.57. The summed E-state index contributed by atoms with van der Waals surface area (Å²) in [5.74, 6) is -0.506. The van der Waals surface area contributed by atoms with Crippen LogP contribution in [0.15, 0.2) is 66.7 Å². The monoisotopic (exact) mass is 401 g/mol. The number of likely N-dealkylation sites (N-methyl/N-ethyl adjacent to an activating group) is 1. The molecule has 1 fully saturated rings. The van der Waals surface area contributed by atoms with E-state index >= 15 is 0 Å². The molecule has 1 N–H and O–H groups in total. The lowest BCUT2D eigenvalue weighted by Gasteiger charge is -2.36. The molecule has 0 atom stereocenters. The fraction of sp³-hybridized carbons (Fsp3) is 0.174. The van der Waals surface area contributed by atoms with E-state index in [2.05, 4.69) is 20.3 Å². The summed E-state index contributed by atoms with van der Waals surface area (Å²) in [6, 6.07) is 19.8. The number of hydrogen-bond acceptors (Lipinski definition) is 4. The molecule has 0 aliphatic carbocycles. The van der Waals surface area contributed by atoms with Crippen LogP contribution in [0.1, 0.15) is 10.5 Å². The molecule has 2 aromatic carbocycles. The molecule has 30 heavy (non-hydrogen) atoms. The van der Waals surface area contributed by atoms with Gasteiger partial charge in [0, 0.05) is 30.3 Å². The first-order chi connectivity index (χ1) is 14.6. The number of aromatic nitrogens is 3. The van der Waals surface area contributed by atoms with Crippen LogP contribution < -0.4 is 5.32 Å². The van der Waals surface area contributed by atoms with Crippen LogP contribution >= 0.6 is 0 Å². The van der Waals surface area contributed by atoms with Gasteiger partial charge >= 0.3 is 0 Å². The van der Waals surface area contributed by atoms with Gasteiger partial charge in [-0.3, -0.25) is 4.79 Å². The molecule has 0 bridgehead atoms. The Morgan fingerprint density at radius 3 is 2.47 bits per heavy atom. The van der Waals surface area contributed by atoms with Crippen molar-refractivity contribution in [1.82, 2.24) is 24.8 Å². The zero-order valence-electron chi connectivity index (χ0n) is 16.4. The summed E-state index contributed by atoms with van der Waals surface area (Å²) in [5, 5.41) is 7.55. The van der Waals surface area contributed by atoms with Gasteiger partial charge < -0.3 is 10.2 Å². The molecular formula is C23H20FN5O. The summed E-state index contributed by atoms with van der Waals surface area (Å²) < 4.78 is 15.1. The normalized spacial score (nSPS) is 14.6. The fourth-order valence-corrected chi connectivity index (χ4v) is 3.72. The van der Waals surface area contributed by atoms with Crippen molar-refractivity contribution < 1.29 is 9.18 Å². The fourth-order valence-electron chi connectivity index (χ4n) is 3.72. The minimum Gasteiger partial charge on any atom is -0.345 e. The predicted octanol–water partition coefficient (Wildman–Crippen LogP) is 3.25. The number of rotatable bonds is 4. The van der Waals surface area contributed by atoms with Crippen molar-refractivity contribution in [3.05, 3.63) is 78.2 Å². The Labute approximate surface area is 173 Å². The lowest BCUT2D eigenvalue weighted by molar-refractivity contribution is 0.0852. The Morgan fingerprint density at radius 1 is 1.03 bits per heavy atom. The molecule has 150 valence electrons. The van der Waals surface area contributed by atoms with Gasteiger partial charge in [0.25, 0.3) is 5.91 Å². The minimum absolute atomic E-state index is 0.142. The first-order valence-corrected chi connectivity index (χ1v) is 9.78. The molecule has 1 amide bonds. The van der Waals surface area contributed by atoms with Crippen molar-refractivity contribution >= 4 is 11.6 Å². The van der Waals surface area contributed by atoms with Gasteiger partial charge in [0.1, 0.15) is 5.82 Å². The molecule has 0 radical (unpaired) electrons. The van der Waals surface area contributed by atoms with E-state index < -0.39 is 0 Å². The smallest absolute Gasteiger partial charge is 0.272 e. The average Bonchev–Trinajstić information content (AvgIpc) is 3.17. The van der Waals surface area contributed by atoms with E-state index in [9.17, 15) is 9.18 Å². The molecule has 2 aromatic heterocycles. The van der Waals surface area contributed by atoms with Crippen molar-refractivity contribution in [2.45, 2.75) is 6.04 Å². The highest BCUT2D eigenvalue weighted by atomic mass is 19.1. The molecule has 5 rings (SSSR count). The Hall–Kier alpha value is -3.58. The summed E-state index contributed by atoms with van der Waals surface area (Å²) in [6.07, 6.45) is 0. The van der Waals surface area contributed by atoms with E-state index in [0.717, 1.165) is 29.9 Å². The molecular weight excluding hydrogens is 381 g/mol. The zero-order chi connectivity index (χ0) is 20.7. The maximum absolute atomic E-state index is 13.4. The first kappa shape index (κ1) is 18.4. The number of halogens is 1. The van der Waals surface area contributed by atoms with Gasteiger partial charge in [0.2, 0.25) is 0 Å². The number of amides is 1. The van der Waals surface area contributed by atoms with Gasteiger partial charge in [0.05, 0.1) is 17.4 Å². The van der Waals surface area contributed by atoms with Crippen LogP contribution in [-0.2, 0) is 0 Å². The molecule has 1 saturated heterocycles. The molecule has 4 aromatic rings. The maximum atomic E-state index is 13.4. The molecule has 0 spiro atoms. The van der Waals surface area contributed by atoms with Crippen molar-refractivity contribution in [3.8, 4) is 22.5 Å². The summed E-state index contributed by atoms with van der Waals surface area (Å²) in [5.41, 5.74) is 4.12. The van der Waals surface area contributed by atoms with E-state index in [1.54, 1.807) is 22.7 Å². The Balaban J connectivity index is 1.60. The number of likely N-dealkylation sites (tertiary alicyclic amines) is 1. The number of benzene rings is 2. The summed E-state index contributed by atoms with van der Waals surface area (Å²) in [4.78, 5) is 19.5. The van der Waals surface area contributed by atoms with Gasteiger partial charge in [-0.05, 0) is 37.4 Å². The van der Waals surface area contributed by atoms with Gasteiger partial charge in [-0.1, -0.05) is 30.3 Å². The number of nitrogens with one attached hydrogen (secondary N) is 1. The third-order valence-electron chi connectivity index (χ3n) is 5.27. The molecule has 6 nitrogen and oxygen atoms in total. The van der Waals surface area contributed by atoms with Crippen molar-refractivity contribution in [2.24, 2.45) is 0 Å². The molecule has 7 heteroatoms. The number of fused-ring (bicyclic) bond motifs is 1. The van der Waals surface area contributed by atoms with E-state index in [1.165, 1.54) is 12.1 Å². The second-order valence-electron chi connectivity index (χ2n) is 7.59. The SMILES string of the molecule is CN1CC(NC(=O)c2cc3nc(-c4ccc(F)cc4)cc(-c4ccccc4)n3n2)C1. The highest BCUT2D eigenvalue weighted by Gasteiger charge is 2.26. The number of carbonyl (C=O) groups excluding carboxylic acids is 1. The topological polar surface area (TPSA) is 62.5 Å². The highest BCUT2D eigenvalue weighted by molar-refractivity contribution is 5.94. The van der Waals surface area contributed by atoms with Gasteiger partial charge in [-0.25, -0.2) is 13.9 Å². The number of carbonyl (C=O) groups is 1. The van der Waals surface area contributed by atoms with E-state index in [0.29, 0.717) is 17.0 Å².